The van der Waals surface area contributed by atoms with Gasteiger partial charge in [0.2, 0.25) is 11.8 Å². The van der Waals surface area contributed by atoms with Crippen molar-refractivity contribution in [2.45, 2.75) is 70.6 Å². The monoisotopic (exact) mass is 344 g/mol. The summed E-state index contributed by atoms with van der Waals surface area (Å²) < 4.78 is 0. The lowest BCUT2D eigenvalue weighted by Crippen LogP contribution is -2.52. The second-order valence-corrected chi connectivity index (χ2v) is 8.78. The van der Waals surface area contributed by atoms with Crippen LogP contribution >= 0.6 is 0 Å². The highest BCUT2D eigenvalue weighted by Crippen LogP contribution is 2.41. The van der Waals surface area contributed by atoms with E-state index in [0.717, 1.165) is 57.7 Å². The van der Waals surface area contributed by atoms with Crippen LogP contribution in [0.1, 0.15) is 70.6 Å². The quantitative estimate of drug-likeness (QED) is 0.732. The van der Waals surface area contributed by atoms with Gasteiger partial charge in [0.1, 0.15) is 0 Å². The molecule has 2 aliphatic carbocycles. The molecule has 0 bridgehead atoms. The van der Waals surface area contributed by atoms with E-state index in [1.54, 1.807) is 0 Å². The first-order valence-electron chi connectivity index (χ1n) is 10.4. The van der Waals surface area contributed by atoms with Crippen LogP contribution in [-0.2, 0) is 9.59 Å². The minimum absolute atomic E-state index is 0.244. The smallest absolute Gasteiger partial charge is 0.230 e. The average Bonchev–Trinajstić information content (AvgIpc) is 3.01. The van der Waals surface area contributed by atoms with Gasteiger partial charge in [-0.2, -0.15) is 0 Å². The summed E-state index contributed by atoms with van der Waals surface area (Å²) >= 11 is 0. The maximum absolute atomic E-state index is 13.2. The average molecular weight is 344 g/mol. The fraction of sp³-hybridized carbons (Fsp3) is 0.810. The summed E-state index contributed by atoms with van der Waals surface area (Å²) in [6, 6.07) is 0. The van der Waals surface area contributed by atoms with Crippen molar-refractivity contribution in [3.63, 3.8) is 0 Å². The van der Waals surface area contributed by atoms with Crippen LogP contribution in [0.3, 0.4) is 0 Å². The van der Waals surface area contributed by atoms with Crippen LogP contribution in [0.15, 0.2) is 11.6 Å². The van der Waals surface area contributed by atoms with E-state index >= 15 is 0 Å². The zero-order valence-corrected chi connectivity index (χ0v) is 15.5. The number of piperidine rings is 1. The standard InChI is InChI=1S/C21H32N2O2/c24-19(14-17-6-2-1-3-7-17)23-13-11-21(16-23)10-5-12-22(20(21)25)15-18-8-4-9-18/h6,18H,1-5,7-16H2/t21-/m0/s1. The number of carbonyl (C=O) groups is 2. The molecule has 0 aromatic rings. The second kappa shape index (κ2) is 7.13. The van der Waals surface area contributed by atoms with Gasteiger partial charge in [-0.1, -0.05) is 18.1 Å². The van der Waals surface area contributed by atoms with Crippen molar-refractivity contribution >= 4 is 11.8 Å². The number of allylic oxidation sites excluding steroid dienone is 1. The molecular weight excluding hydrogens is 312 g/mol. The molecule has 3 fully saturated rings. The van der Waals surface area contributed by atoms with E-state index in [4.69, 9.17) is 0 Å². The van der Waals surface area contributed by atoms with Crippen LogP contribution in [-0.4, -0.2) is 47.8 Å². The van der Waals surface area contributed by atoms with E-state index in [9.17, 15) is 9.59 Å². The van der Waals surface area contributed by atoms with Crippen molar-refractivity contribution in [3.8, 4) is 0 Å². The normalized spacial score (nSPS) is 30.6. The highest BCUT2D eigenvalue weighted by Gasteiger charge is 2.49. The maximum atomic E-state index is 13.2. The SMILES string of the molecule is O=C(CC1=CCCCC1)N1CC[C@@]2(CCCN(CC3CCC3)C2=O)C1. The summed E-state index contributed by atoms with van der Waals surface area (Å²) in [6.07, 6.45) is 14.4. The van der Waals surface area contributed by atoms with Crippen molar-refractivity contribution in [1.29, 1.82) is 0 Å². The lowest BCUT2D eigenvalue weighted by atomic mass is 9.77. The van der Waals surface area contributed by atoms with Crippen molar-refractivity contribution < 1.29 is 9.59 Å². The number of likely N-dealkylation sites (tertiary alicyclic amines) is 2. The molecule has 2 heterocycles. The van der Waals surface area contributed by atoms with Gasteiger partial charge in [-0.3, -0.25) is 9.59 Å². The molecule has 4 nitrogen and oxygen atoms in total. The largest absolute Gasteiger partial charge is 0.342 e. The molecule has 25 heavy (non-hydrogen) atoms. The zero-order valence-electron chi connectivity index (χ0n) is 15.5. The molecule has 2 aliphatic heterocycles. The third-order valence-electron chi connectivity index (χ3n) is 7.00. The summed E-state index contributed by atoms with van der Waals surface area (Å²) in [5.74, 6) is 1.32. The van der Waals surface area contributed by atoms with Crippen molar-refractivity contribution in [1.82, 2.24) is 9.80 Å². The Kier molecular flexibility index (Phi) is 4.88. The predicted molar refractivity (Wildman–Crippen MR) is 98.0 cm³/mol. The first-order chi connectivity index (χ1) is 12.2. The van der Waals surface area contributed by atoms with E-state index in [1.165, 1.54) is 37.7 Å². The van der Waals surface area contributed by atoms with Crippen LogP contribution in [0.2, 0.25) is 0 Å². The van der Waals surface area contributed by atoms with Crippen LogP contribution < -0.4 is 0 Å². The lowest BCUT2D eigenvalue weighted by Gasteiger charge is -2.42. The molecule has 0 aromatic carbocycles. The van der Waals surface area contributed by atoms with Crippen LogP contribution in [0.5, 0.6) is 0 Å². The first-order valence-corrected chi connectivity index (χ1v) is 10.4. The van der Waals surface area contributed by atoms with Crippen molar-refractivity contribution in [2.24, 2.45) is 11.3 Å². The highest BCUT2D eigenvalue weighted by atomic mass is 16.2. The third kappa shape index (κ3) is 3.50. The molecule has 0 radical (unpaired) electrons. The fourth-order valence-electron chi connectivity index (χ4n) is 5.15. The molecule has 1 spiro atoms. The Morgan fingerprint density at radius 2 is 2.00 bits per heavy atom. The minimum Gasteiger partial charge on any atom is -0.342 e. The number of carbonyl (C=O) groups excluding carboxylic acids is 2. The Morgan fingerprint density at radius 3 is 2.72 bits per heavy atom. The molecule has 138 valence electrons. The Bertz CT molecular complexity index is 566. The molecule has 0 N–H and O–H groups in total. The van der Waals surface area contributed by atoms with Crippen molar-refractivity contribution in [3.05, 3.63) is 11.6 Å². The van der Waals surface area contributed by atoms with E-state index < -0.39 is 0 Å². The van der Waals surface area contributed by atoms with E-state index in [1.807, 2.05) is 4.90 Å². The predicted octanol–water partition coefficient (Wildman–Crippen LogP) is 3.52. The zero-order chi connectivity index (χ0) is 17.3. The molecule has 1 atom stereocenters. The van der Waals surface area contributed by atoms with Gasteiger partial charge in [0.25, 0.3) is 0 Å². The molecule has 2 saturated heterocycles. The third-order valence-corrected chi connectivity index (χ3v) is 7.00. The number of amides is 2. The van der Waals surface area contributed by atoms with Gasteiger partial charge >= 0.3 is 0 Å². The number of hydrogen-bond donors (Lipinski definition) is 0. The minimum atomic E-state index is -0.265. The Balaban J connectivity index is 1.37. The number of hydrogen-bond acceptors (Lipinski definition) is 2. The molecule has 4 heteroatoms. The van der Waals surface area contributed by atoms with E-state index in [0.29, 0.717) is 18.9 Å². The second-order valence-electron chi connectivity index (χ2n) is 8.78. The summed E-state index contributed by atoms with van der Waals surface area (Å²) in [4.78, 5) is 30.0. The molecule has 4 rings (SSSR count). The highest BCUT2D eigenvalue weighted by molar-refractivity contribution is 5.86. The van der Waals surface area contributed by atoms with Gasteiger partial charge in [0.05, 0.1) is 5.41 Å². The van der Waals surface area contributed by atoms with E-state index in [2.05, 4.69) is 11.0 Å². The first kappa shape index (κ1) is 17.1. The molecular formula is C21H32N2O2. The fourth-order valence-corrected chi connectivity index (χ4v) is 5.15. The van der Waals surface area contributed by atoms with Gasteiger partial charge < -0.3 is 9.80 Å². The summed E-state index contributed by atoms with van der Waals surface area (Å²) in [5.41, 5.74) is 1.05. The Labute approximate surface area is 151 Å². The maximum Gasteiger partial charge on any atom is 0.230 e. The van der Waals surface area contributed by atoms with Crippen LogP contribution in [0.25, 0.3) is 0 Å². The lowest BCUT2D eigenvalue weighted by molar-refractivity contribution is -0.147. The molecule has 1 saturated carbocycles. The van der Waals surface area contributed by atoms with Gasteiger partial charge in [-0.05, 0) is 63.7 Å². The molecule has 2 amide bonds. The summed E-state index contributed by atoms with van der Waals surface area (Å²) in [7, 11) is 0. The molecule has 0 aromatic heterocycles. The van der Waals surface area contributed by atoms with Crippen LogP contribution in [0, 0.1) is 11.3 Å². The van der Waals surface area contributed by atoms with Gasteiger partial charge in [-0.15, -0.1) is 0 Å². The summed E-state index contributed by atoms with van der Waals surface area (Å²) in [5, 5.41) is 0. The topological polar surface area (TPSA) is 40.6 Å². The number of rotatable bonds is 4. The van der Waals surface area contributed by atoms with E-state index in [-0.39, 0.29) is 11.3 Å². The summed E-state index contributed by atoms with van der Waals surface area (Å²) in [6.45, 7) is 3.33. The van der Waals surface area contributed by atoms with Gasteiger partial charge in [0.15, 0.2) is 0 Å². The van der Waals surface area contributed by atoms with Crippen molar-refractivity contribution in [2.75, 3.05) is 26.2 Å². The number of nitrogens with zero attached hydrogens (tertiary/aromatic N) is 2. The van der Waals surface area contributed by atoms with Gasteiger partial charge in [-0.25, -0.2) is 0 Å². The van der Waals surface area contributed by atoms with Gasteiger partial charge in [0, 0.05) is 32.6 Å². The Hall–Kier alpha value is -1.32. The molecule has 0 unspecified atom stereocenters. The Morgan fingerprint density at radius 1 is 1.12 bits per heavy atom. The molecule has 4 aliphatic rings. The van der Waals surface area contributed by atoms with Crippen LogP contribution in [0.4, 0.5) is 0 Å².